The van der Waals surface area contributed by atoms with Gasteiger partial charge in [0.15, 0.2) is 0 Å². The Bertz CT molecular complexity index is 402. The molecule has 1 amide bonds. The number of amides is 1. The molecule has 1 aromatic rings. The molecule has 1 atom stereocenters. The summed E-state index contributed by atoms with van der Waals surface area (Å²) < 4.78 is 5.98. The zero-order chi connectivity index (χ0) is 12.8. The Labute approximate surface area is 127 Å². The summed E-state index contributed by atoms with van der Waals surface area (Å²) in [7, 11) is 3.48. The maximum absolute atomic E-state index is 11.9. The Morgan fingerprint density at radius 2 is 2.17 bits per heavy atom. The zero-order valence-corrected chi connectivity index (χ0v) is 13.6. The number of ether oxygens (including phenoxy) is 1. The Hall–Kier alpha value is -0.530. The van der Waals surface area contributed by atoms with Gasteiger partial charge < -0.3 is 15.4 Å². The largest absolute Gasteiger partial charge is 0.497 e. The minimum atomic E-state index is -0.0563. The van der Waals surface area contributed by atoms with Crippen LogP contribution in [-0.2, 0) is 0 Å². The molecular weight excluding hydrogens is 367 g/mol. The molecule has 0 saturated heterocycles. The molecule has 4 nitrogen and oxygen atoms in total. The van der Waals surface area contributed by atoms with Crippen molar-refractivity contribution in [2.24, 2.45) is 0 Å². The van der Waals surface area contributed by atoms with Crippen LogP contribution in [0.15, 0.2) is 18.2 Å². The first-order chi connectivity index (χ1) is 8.08. The summed E-state index contributed by atoms with van der Waals surface area (Å²) in [5.74, 6) is 0.702. The van der Waals surface area contributed by atoms with E-state index in [2.05, 4.69) is 33.2 Å². The number of rotatable bonds is 5. The summed E-state index contributed by atoms with van der Waals surface area (Å²) in [4.78, 5) is 11.9. The molecule has 0 aliphatic heterocycles. The van der Waals surface area contributed by atoms with Gasteiger partial charge in [0.25, 0.3) is 5.91 Å². The van der Waals surface area contributed by atoms with Gasteiger partial charge in [0.1, 0.15) is 5.75 Å². The summed E-state index contributed by atoms with van der Waals surface area (Å²) >= 11 is 2.13. The monoisotopic (exact) mass is 384 g/mol. The maximum atomic E-state index is 11.9. The molecule has 0 spiro atoms. The Morgan fingerprint density at radius 3 is 2.67 bits per heavy atom. The Balaban J connectivity index is 0.00000289. The van der Waals surface area contributed by atoms with Crippen molar-refractivity contribution in [3.05, 3.63) is 27.3 Å². The first-order valence-corrected chi connectivity index (χ1v) is 6.45. The summed E-state index contributed by atoms with van der Waals surface area (Å²) in [6.07, 6.45) is 0. The quantitative estimate of drug-likeness (QED) is 0.764. The molecule has 102 valence electrons. The van der Waals surface area contributed by atoms with Crippen LogP contribution in [0.1, 0.15) is 17.3 Å². The van der Waals surface area contributed by atoms with E-state index in [-0.39, 0.29) is 24.4 Å². The van der Waals surface area contributed by atoms with Crippen LogP contribution in [0, 0.1) is 3.57 Å². The van der Waals surface area contributed by atoms with Gasteiger partial charge in [-0.25, -0.2) is 0 Å². The highest BCUT2D eigenvalue weighted by molar-refractivity contribution is 14.1. The average molecular weight is 385 g/mol. The van der Waals surface area contributed by atoms with Crippen molar-refractivity contribution < 1.29 is 9.53 Å². The highest BCUT2D eigenvalue weighted by Gasteiger charge is 2.11. The minimum absolute atomic E-state index is 0. The first kappa shape index (κ1) is 17.5. The number of likely N-dealkylation sites (N-methyl/N-ethyl adjacent to an activating group) is 1. The van der Waals surface area contributed by atoms with E-state index in [1.165, 1.54) is 0 Å². The summed E-state index contributed by atoms with van der Waals surface area (Å²) in [5.41, 5.74) is 0.676. The zero-order valence-electron chi connectivity index (χ0n) is 10.6. The van der Waals surface area contributed by atoms with Gasteiger partial charge in [0.2, 0.25) is 0 Å². The molecule has 1 aromatic carbocycles. The highest BCUT2D eigenvalue weighted by atomic mass is 127. The first-order valence-electron chi connectivity index (χ1n) is 5.37. The van der Waals surface area contributed by atoms with Gasteiger partial charge in [-0.05, 0) is 54.8 Å². The Kier molecular flexibility index (Phi) is 8.30. The lowest BCUT2D eigenvalue weighted by atomic mass is 10.2. The lowest BCUT2D eigenvalue weighted by Crippen LogP contribution is -2.37. The molecule has 0 aliphatic rings. The standard InChI is InChI=1S/C12H17IN2O2.ClH/c1-8(14-2)7-15-12(16)10-5-4-9(17-3)6-11(10)13;/h4-6,8,14H,7H2,1-3H3,(H,15,16);1H. The smallest absolute Gasteiger partial charge is 0.252 e. The fourth-order valence-corrected chi connectivity index (χ4v) is 1.98. The predicted molar refractivity (Wildman–Crippen MR) is 83.8 cm³/mol. The van der Waals surface area contributed by atoms with E-state index in [0.717, 1.165) is 9.32 Å². The van der Waals surface area contributed by atoms with Gasteiger partial charge in [-0.1, -0.05) is 0 Å². The van der Waals surface area contributed by atoms with Gasteiger partial charge in [0.05, 0.1) is 12.7 Å². The normalized spacial score (nSPS) is 11.3. The molecule has 1 rings (SSSR count). The van der Waals surface area contributed by atoms with E-state index >= 15 is 0 Å². The van der Waals surface area contributed by atoms with E-state index in [0.29, 0.717) is 12.1 Å². The van der Waals surface area contributed by atoms with Gasteiger partial charge in [-0.3, -0.25) is 4.79 Å². The lowest BCUT2D eigenvalue weighted by Gasteiger charge is -2.12. The van der Waals surface area contributed by atoms with Gasteiger partial charge >= 0.3 is 0 Å². The van der Waals surface area contributed by atoms with Crippen LogP contribution in [0.4, 0.5) is 0 Å². The topological polar surface area (TPSA) is 50.4 Å². The average Bonchev–Trinajstić information content (AvgIpc) is 2.35. The third kappa shape index (κ3) is 4.99. The van der Waals surface area contributed by atoms with Crippen molar-refractivity contribution in [3.8, 4) is 5.75 Å². The number of benzene rings is 1. The van der Waals surface area contributed by atoms with Gasteiger partial charge in [-0.15, -0.1) is 12.4 Å². The van der Waals surface area contributed by atoms with Crippen molar-refractivity contribution in [1.29, 1.82) is 0 Å². The van der Waals surface area contributed by atoms with Crippen molar-refractivity contribution >= 4 is 40.9 Å². The molecule has 2 N–H and O–H groups in total. The third-order valence-electron chi connectivity index (χ3n) is 2.48. The van der Waals surface area contributed by atoms with Crippen LogP contribution < -0.4 is 15.4 Å². The number of carbonyl (C=O) groups excluding carboxylic acids is 1. The molecule has 0 bridgehead atoms. The second kappa shape index (κ2) is 8.55. The number of hydrogen-bond donors (Lipinski definition) is 2. The van der Waals surface area contributed by atoms with E-state index in [4.69, 9.17) is 4.74 Å². The maximum Gasteiger partial charge on any atom is 0.252 e. The number of hydrogen-bond acceptors (Lipinski definition) is 3. The second-order valence-corrected chi connectivity index (χ2v) is 4.91. The van der Waals surface area contributed by atoms with Crippen LogP contribution in [0.2, 0.25) is 0 Å². The molecule has 6 heteroatoms. The molecule has 18 heavy (non-hydrogen) atoms. The minimum Gasteiger partial charge on any atom is -0.497 e. The Morgan fingerprint density at radius 1 is 1.50 bits per heavy atom. The van der Waals surface area contributed by atoms with E-state index in [9.17, 15) is 4.79 Å². The molecule has 0 saturated carbocycles. The number of halogens is 2. The van der Waals surface area contributed by atoms with Crippen LogP contribution in [-0.4, -0.2) is 32.7 Å². The molecule has 0 radical (unpaired) electrons. The second-order valence-electron chi connectivity index (χ2n) is 3.75. The number of nitrogens with one attached hydrogen (secondary N) is 2. The van der Waals surface area contributed by atoms with Crippen molar-refractivity contribution in [1.82, 2.24) is 10.6 Å². The van der Waals surface area contributed by atoms with Crippen LogP contribution in [0.5, 0.6) is 5.75 Å². The van der Waals surface area contributed by atoms with Gasteiger partial charge in [-0.2, -0.15) is 0 Å². The lowest BCUT2D eigenvalue weighted by molar-refractivity contribution is 0.0949. The molecule has 0 aliphatic carbocycles. The van der Waals surface area contributed by atoms with Gasteiger partial charge in [0, 0.05) is 16.2 Å². The van der Waals surface area contributed by atoms with Crippen molar-refractivity contribution in [2.75, 3.05) is 20.7 Å². The van der Waals surface area contributed by atoms with Crippen molar-refractivity contribution in [3.63, 3.8) is 0 Å². The summed E-state index contributed by atoms with van der Waals surface area (Å²) in [6.45, 7) is 2.62. The SMILES string of the molecule is CNC(C)CNC(=O)c1ccc(OC)cc1I.Cl. The van der Waals surface area contributed by atoms with Crippen LogP contribution in [0.3, 0.4) is 0 Å². The molecular formula is C12H18ClIN2O2. The van der Waals surface area contributed by atoms with Crippen LogP contribution >= 0.6 is 35.0 Å². The number of methoxy groups -OCH3 is 1. The molecule has 0 heterocycles. The molecule has 1 unspecified atom stereocenters. The fourth-order valence-electron chi connectivity index (χ4n) is 1.25. The third-order valence-corrected chi connectivity index (χ3v) is 3.37. The predicted octanol–water partition coefficient (Wildman–Crippen LogP) is 2.06. The van der Waals surface area contributed by atoms with E-state index < -0.39 is 0 Å². The molecule has 0 fully saturated rings. The fraction of sp³-hybridized carbons (Fsp3) is 0.417. The highest BCUT2D eigenvalue weighted by Crippen LogP contribution is 2.19. The summed E-state index contributed by atoms with van der Waals surface area (Å²) in [6, 6.07) is 5.67. The van der Waals surface area contributed by atoms with E-state index in [1.54, 1.807) is 19.2 Å². The van der Waals surface area contributed by atoms with E-state index in [1.807, 2.05) is 20.0 Å². The van der Waals surface area contributed by atoms with Crippen LogP contribution in [0.25, 0.3) is 0 Å². The molecule has 0 aromatic heterocycles. The number of carbonyl (C=O) groups is 1. The summed E-state index contributed by atoms with van der Waals surface area (Å²) in [5, 5.41) is 5.95. The van der Waals surface area contributed by atoms with Crippen molar-refractivity contribution in [2.45, 2.75) is 13.0 Å².